The van der Waals surface area contributed by atoms with Crippen LogP contribution in [0.15, 0.2) is 85.1 Å². The van der Waals surface area contributed by atoms with Crippen molar-refractivity contribution in [2.45, 2.75) is 215 Å². The predicted molar refractivity (Wildman–Crippen MR) is 429 cm³/mol. The first-order chi connectivity index (χ1) is 57.7. The van der Waals surface area contributed by atoms with Gasteiger partial charge in [-0.1, -0.05) is 68.8 Å². The summed E-state index contributed by atoms with van der Waals surface area (Å²) < 4.78 is 11.5. The molecule has 4 saturated heterocycles. The van der Waals surface area contributed by atoms with Gasteiger partial charge in [0.15, 0.2) is 5.96 Å². The molecule has 4 bridgehead atoms. The molecule has 3 aromatic carbocycles. The molecule has 9 rings (SSSR count). The van der Waals surface area contributed by atoms with Crippen molar-refractivity contribution in [1.29, 1.82) is 5.41 Å². The molecule has 41 nitrogen and oxygen atoms in total. The number of carboxylic acid groups (broad SMARTS) is 1. The highest BCUT2D eigenvalue weighted by Gasteiger charge is 2.44. The molecule has 4 unspecified atom stereocenters. The topological polar surface area (TPSA) is 622 Å². The van der Waals surface area contributed by atoms with E-state index in [-0.39, 0.29) is 76.8 Å². The normalized spacial score (nSPS) is 24.2. The summed E-state index contributed by atoms with van der Waals surface area (Å²) in [6.07, 6.45) is -6.16. The van der Waals surface area contributed by atoms with Crippen LogP contribution in [0.25, 0.3) is 21.8 Å². The van der Waals surface area contributed by atoms with E-state index >= 15 is 47.9 Å². The second kappa shape index (κ2) is 43.5. The zero-order valence-corrected chi connectivity index (χ0v) is 67.2. The van der Waals surface area contributed by atoms with Gasteiger partial charge in [0, 0.05) is 87.0 Å². The molecule has 6 heterocycles. The number of esters is 2. The number of aromatic nitrogens is 2. The lowest BCUT2D eigenvalue weighted by Gasteiger charge is -2.31. The molecule has 0 saturated carbocycles. The molecule has 22 N–H and O–H groups in total. The molecular weight excluding hydrogens is 1580 g/mol. The number of H-pyrrole nitrogens is 2. The van der Waals surface area contributed by atoms with Gasteiger partial charge >= 0.3 is 17.9 Å². The summed E-state index contributed by atoms with van der Waals surface area (Å²) in [4.78, 5) is 258. The number of aromatic amines is 2. The molecule has 4 aliphatic heterocycles. The Morgan fingerprint density at radius 3 is 2.02 bits per heavy atom. The lowest BCUT2D eigenvalue weighted by Crippen LogP contribution is -2.63. The maximum Gasteiger partial charge on any atom is 0.326 e. The van der Waals surface area contributed by atoms with Gasteiger partial charge in [0.1, 0.15) is 97.0 Å². The van der Waals surface area contributed by atoms with Crippen LogP contribution in [-0.2, 0) is 110 Å². The minimum atomic E-state index is -2.28. The zero-order valence-electron chi connectivity index (χ0n) is 67.2. The number of fused-ring (bicyclic) bond motifs is 14. The number of phenols is 1. The number of para-hydroxylation sites is 2. The summed E-state index contributed by atoms with van der Waals surface area (Å²) in [5, 5.41) is 76.1. The summed E-state index contributed by atoms with van der Waals surface area (Å²) in [5.41, 5.74) is 7.86. The maximum atomic E-state index is 15.6. The maximum absolute atomic E-state index is 15.6. The minimum Gasteiger partial charge on any atom is -0.508 e. The number of nitrogens with zero attached hydrogens (tertiary/aromatic N) is 1. The number of ether oxygens (including phenoxy) is 2. The fourth-order valence-electron chi connectivity index (χ4n) is 14.5. The second-order valence-corrected chi connectivity index (χ2v) is 30.4. The number of aromatic hydroxyl groups is 1. The molecule has 0 aliphatic carbocycles. The van der Waals surface area contributed by atoms with Crippen molar-refractivity contribution < 1.29 is 106 Å². The highest BCUT2D eigenvalue weighted by molar-refractivity contribution is 6.02. The molecule has 4 fully saturated rings. The summed E-state index contributed by atoms with van der Waals surface area (Å²) in [5.74, 6) is -21.0. The lowest BCUT2D eigenvalue weighted by molar-refractivity contribution is -0.154. The highest BCUT2D eigenvalue weighted by Crippen LogP contribution is 2.25. The first-order valence-corrected chi connectivity index (χ1v) is 40.1. The number of aliphatic hydroxyl groups excluding tert-OH is 1. The van der Waals surface area contributed by atoms with E-state index in [0.29, 0.717) is 45.0 Å². The van der Waals surface area contributed by atoms with Gasteiger partial charge in [-0.05, 0) is 117 Å². The van der Waals surface area contributed by atoms with Crippen molar-refractivity contribution in [3.63, 3.8) is 0 Å². The Kier molecular flexibility index (Phi) is 32.9. The molecule has 14 amide bonds. The van der Waals surface area contributed by atoms with Gasteiger partial charge in [0.2, 0.25) is 82.7 Å². The van der Waals surface area contributed by atoms with Crippen molar-refractivity contribution >= 4 is 128 Å². The minimum absolute atomic E-state index is 0.00153. The number of aliphatic carboxylic acids is 1. The number of nitrogens with two attached hydrogens (primary N) is 1. The van der Waals surface area contributed by atoms with Gasteiger partial charge in [-0.2, -0.15) is 0 Å². The van der Waals surface area contributed by atoms with Crippen molar-refractivity contribution in [1.82, 2.24) is 89.3 Å². The molecule has 652 valence electrons. The Morgan fingerprint density at radius 2 is 1.31 bits per heavy atom. The second-order valence-electron chi connectivity index (χ2n) is 30.4. The Hall–Kier alpha value is -13.2. The standard InChI is InChI=1S/C80H105N19O22/c1-5-40(2)65(86-42(4)101)76(115)96-59(38-100)73(112)98-66-41(3)121-64(105)36-56-72(111)92-55(34-45-37-85-50-17-9-7-15-48(45)50)71(110)90-54-26-28-63(104)120-39-60(74(113)93-56)97-75(114)61-20-13-31-99(61)78(117)57(32-43-21-23-47(102)24-22-43)94-68(107)51(88-67(106)52(91-77(66)116)19-12-30-84-80(81)82)18-10-11-29-83-62(103)27-25-53(89-69(54)108)70(109)95-58(79(118)119)35-46-33-44-14-6-8-16-49(44)87-46/h6-9,14-17,21-24,33,37,40-41,51-61,65-66,85,87,100,102H,5,10-13,18-20,25-32,34-36,38-39H2,1-4H3,(H,83,103)(H,86,101)(H,88,106)(H,89,108)(H,90,110)(H,91,116)(H,92,111)(H,93,113)(H,94,107)(H,95,109)(H,96,115)(H,97,114)(H,98,112)(H,118,119)(H4,81,82,84)/t40?,41-,51+,52?,53+,54-,55+,56?,57+,58+,59+,60+,61+,65?,66-/m1/s1. The third-order valence-electron chi connectivity index (χ3n) is 21.3. The van der Waals surface area contributed by atoms with Crippen molar-refractivity contribution in [3.8, 4) is 5.75 Å². The van der Waals surface area contributed by atoms with Crippen LogP contribution in [0.2, 0.25) is 0 Å². The number of benzene rings is 3. The molecular formula is C80H105N19O22. The van der Waals surface area contributed by atoms with Crippen LogP contribution < -0.4 is 80.2 Å². The number of nitrogens with one attached hydrogen (secondary N) is 17. The van der Waals surface area contributed by atoms with Gasteiger partial charge in [-0.3, -0.25) is 82.1 Å². The van der Waals surface area contributed by atoms with Crippen LogP contribution in [0.4, 0.5) is 0 Å². The number of carboxylic acids is 1. The van der Waals surface area contributed by atoms with Gasteiger partial charge in [0.05, 0.1) is 13.0 Å². The first-order valence-electron chi connectivity index (χ1n) is 40.1. The number of guanidine groups is 1. The van der Waals surface area contributed by atoms with Crippen molar-refractivity contribution in [2.24, 2.45) is 11.7 Å². The molecule has 41 heteroatoms. The van der Waals surface area contributed by atoms with E-state index in [1.807, 2.05) is 0 Å². The Labute approximate surface area is 693 Å². The van der Waals surface area contributed by atoms with Crippen LogP contribution >= 0.6 is 0 Å². The van der Waals surface area contributed by atoms with Crippen LogP contribution in [0, 0.1) is 11.3 Å². The third kappa shape index (κ3) is 26.1. The smallest absolute Gasteiger partial charge is 0.326 e. The number of cyclic esters (lactones) is 1. The van der Waals surface area contributed by atoms with E-state index in [1.54, 1.807) is 68.4 Å². The first kappa shape index (κ1) is 91.7. The van der Waals surface area contributed by atoms with E-state index in [0.717, 1.165) is 18.7 Å². The van der Waals surface area contributed by atoms with Crippen LogP contribution in [0.3, 0.4) is 0 Å². The third-order valence-corrected chi connectivity index (χ3v) is 21.3. The number of hydrogen-bond donors (Lipinski definition) is 21. The summed E-state index contributed by atoms with van der Waals surface area (Å²) in [6, 6.07) is -2.88. The molecule has 121 heavy (non-hydrogen) atoms. The fourth-order valence-corrected chi connectivity index (χ4v) is 14.5. The van der Waals surface area contributed by atoms with E-state index in [1.165, 1.54) is 30.5 Å². The van der Waals surface area contributed by atoms with Crippen LogP contribution in [0.1, 0.15) is 128 Å². The highest BCUT2D eigenvalue weighted by atomic mass is 16.5. The zero-order chi connectivity index (χ0) is 87.7. The lowest BCUT2D eigenvalue weighted by atomic mass is 9.98. The largest absolute Gasteiger partial charge is 0.508 e. The number of phenolic OH excluding ortho intramolecular Hbond substituents is 1. The van der Waals surface area contributed by atoms with Gasteiger partial charge < -0.3 is 120 Å². The molecule has 0 spiro atoms. The Balaban J connectivity index is 1.20. The summed E-state index contributed by atoms with van der Waals surface area (Å²) in [6.45, 7) is 2.75. The Morgan fingerprint density at radius 1 is 0.661 bits per heavy atom. The number of carbonyl (C=O) groups is 17. The molecule has 5 aromatic rings. The molecule has 2 aromatic heterocycles. The van der Waals surface area contributed by atoms with Crippen molar-refractivity contribution in [2.75, 3.05) is 32.8 Å². The predicted octanol–water partition coefficient (Wildman–Crippen LogP) is -3.65. The van der Waals surface area contributed by atoms with E-state index in [4.69, 9.17) is 20.6 Å². The quantitative estimate of drug-likeness (QED) is 0.0146. The number of hydrogen-bond acceptors (Lipinski definition) is 22. The average Bonchev–Trinajstić information content (AvgIpc) is 1.67. The number of amides is 14. The Bertz CT molecular complexity index is 4630. The molecule has 15 atom stereocenters. The fraction of sp³-hybridized carbons (Fsp3) is 0.500. The average molecular weight is 1680 g/mol. The monoisotopic (exact) mass is 1680 g/mol. The SMILES string of the molecule is CCC(C)C(NC(C)=O)C(=O)N[C@@H](CO)C(=O)N[C@H]1C(=O)NC(CCCNC(=N)N)C(=O)N[C@H]2CCCCNC(=O)CC[C@@H](C(=O)N[C@@H](Cc3cc4ccccc4[nH]3)C(=O)O)NC(=O)[C@H]3CCC(=O)OC[C@H](NC(=O)[C@@H]4CCCN4C(=O)[C@H](Cc4ccc(O)cc4)NC2=O)C(=O)NC(CC(=O)O[C@@H]1C)C(=O)N[C@@H](Cc1c[nH]c2ccccc12)C(=O)N3. The number of carbonyl (C=O) groups excluding carboxylic acids is 16. The van der Waals surface area contributed by atoms with E-state index < -0.39 is 255 Å². The molecule has 4 aliphatic rings. The van der Waals surface area contributed by atoms with Gasteiger partial charge in [-0.25, -0.2) is 4.79 Å². The van der Waals surface area contributed by atoms with E-state index in [9.17, 15) is 48.9 Å². The number of rotatable bonds is 21. The number of aliphatic hydroxyl groups is 1. The van der Waals surface area contributed by atoms with Gasteiger partial charge in [0.25, 0.3) is 0 Å². The van der Waals surface area contributed by atoms with Crippen LogP contribution in [-0.4, -0.2) is 254 Å². The van der Waals surface area contributed by atoms with Crippen molar-refractivity contribution in [3.05, 3.63) is 102 Å². The van der Waals surface area contributed by atoms with E-state index in [2.05, 4.69) is 84.4 Å². The summed E-state index contributed by atoms with van der Waals surface area (Å²) in [7, 11) is 0. The van der Waals surface area contributed by atoms with Gasteiger partial charge in [-0.15, -0.1) is 0 Å². The molecule has 0 radical (unpaired) electrons. The van der Waals surface area contributed by atoms with Crippen LogP contribution in [0.5, 0.6) is 5.75 Å². The summed E-state index contributed by atoms with van der Waals surface area (Å²) >= 11 is 0.